The maximum absolute atomic E-state index is 8.51. The molecule has 1 N–H and O–H groups in total. The van der Waals surface area contributed by atoms with Crippen molar-refractivity contribution in [2.24, 2.45) is 0 Å². The second-order valence-electron chi connectivity index (χ2n) is 2.00. The maximum Gasteiger partial charge on any atom is 0.150 e. The highest BCUT2D eigenvalue weighted by Gasteiger charge is 1.94. The van der Waals surface area contributed by atoms with E-state index in [1.807, 2.05) is 6.92 Å². The third-order valence-corrected chi connectivity index (χ3v) is 1.23. The second-order valence-corrected chi connectivity index (χ2v) is 2.00. The monoisotopic (exact) mass is 141 g/mol. The van der Waals surface area contributed by atoms with Crippen LogP contribution in [0.15, 0.2) is 6.33 Å². The molecular weight excluding hydrogens is 130 g/mol. The highest BCUT2D eigenvalue weighted by atomic mass is 16.3. The normalized spacial score (nSPS) is 10.2. The number of hydrogen-bond donors (Lipinski definition) is 1. The third kappa shape index (κ3) is 1.54. The van der Waals surface area contributed by atoms with Gasteiger partial charge in [0.05, 0.1) is 13.2 Å². The van der Waals surface area contributed by atoms with Crippen LogP contribution in [0.25, 0.3) is 0 Å². The van der Waals surface area contributed by atoms with Crippen LogP contribution in [0, 0.1) is 0 Å². The zero-order valence-electron chi connectivity index (χ0n) is 5.99. The molecule has 0 aliphatic rings. The number of nitrogens with zero attached hydrogens (tertiary/aromatic N) is 3. The Labute approximate surface area is 59.5 Å². The smallest absolute Gasteiger partial charge is 0.150 e. The van der Waals surface area contributed by atoms with Crippen molar-refractivity contribution in [3.8, 4) is 0 Å². The van der Waals surface area contributed by atoms with Crippen LogP contribution in [-0.4, -0.2) is 26.5 Å². The molecule has 10 heavy (non-hydrogen) atoms. The summed E-state index contributed by atoms with van der Waals surface area (Å²) in [6.07, 6.45) is 2.48. The summed E-state index contributed by atoms with van der Waals surface area (Å²) < 4.78 is 1.64. The van der Waals surface area contributed by atoms with Gasteiger partial charge < -0.3 is 5.11 Å². The zero-order chi connectivity index (χ0) is 7.40. The molecule has 0 saturated heterocycles. The van der Waals surface area contributed by atoms with Crippen molar-refractivity contribution in [3.05, 3.63) is 12.2 Å². The van der Waals surface area contributed by atoms with Crippen molar-refractivity contribution >= 4 is 0 Å². The fourth-order valence-corrected chi connectivity index (χ4v) is 0.705. The maximum atomic E-state index is 8.51. The molecule has 1 heterocycles. The molecule has 56 valence electrons. The van der Waals surface area contributed by atoms with E-state index in [0.717, 1.165) is 12.2 Å². The summed E-state index contributed by atoms with van der Waals surface area (Å²) in [5.41, 5.74) is 0. The number of hydrogen-bond acceptors (Lipinski definition) is 3. The third-order valence-electron chi connectivity index (χ3n) is 1.23. The second kappa shape index (κ2) is 3.31. The average molecular weight is 141 g/mol. The molecule has 0 aliphatic carbocycles. The van der Waals surface area contributed by atoms with E-state index in [2.05, 4.69) is 10.1 Å². The molecule has 4 heteroatoms. The quantitative estimate of drug-likeness (QED) is 0.636. The van der Waals surface area contributed by atoms with Crippen molar-refractivity contribution in [1.29, 1.82) is 0 Å². The molecule has 0 spiro atoms. The van der Waals surface area contributed by atoms with Gasteiger partial charge in [0.15, 0.2) is 0 Å². The van der Waals surface area contributed by atoms with Crippen LogP contribution in [0.1, 0.15) is 12.7 Å². The highest BCUT2D eigenvalue weighted by Crippen LogP contribution is 1.89. The van der Waals surface area contributed by atoms with Gasteiger partial charge in [0.1, 0.15) is 12.2 Å². The number of aliphatic hydroxyl groups excluding tert-OH is 1. The van der Waals surface area contributed by atoms with Crippen LogP contribution in [-0.2, 0) is 13.0 Å². The lowest BCUT2D eigenvalue weighted by Crippen LogP contribution is -2.02. The summed E-state index contributed by atoms with van der Waals surface area (Å²) in [6, 6.07) is 0. The predicted octanol–water partition coefficient (Wildman–Crippen LogP) is -0.167. The van der Waals surface area contributed by atoms with E-state index >= 15 is 0 Å². The molecule has 0 atom stereocenters. The number of aliphatic hydroxyl groups is 1. The van der Waals surface area contributed by atoms with Crippen LogP contribution in [0.2, 0.25) is 0 Å². The largest absolute Gasteiger partial charge is 0.394 e. The molecule has 4 nitrogen and oxygen atoms in total. The van der Waals surface area contributed by atoms with Crippen molar-refractivity contribution in [3.63, 3.8) is 0 Å². The van der Waals surface area contributed by atoms with Gasteiger partial charge in [0, 0.05) is 6.42 Å². The van der Waals surface area contributed by atoms with E-state index in [9.17, 15) is 0 Å². The van der Waals surface area contributed by atoms with Crippen LogP contribution in [0.5, 0.6) is 0 Å². The summed E-state index contributed by atoms with van der Waals surface area (Å²) in [4.78, 5) is 3.99. The van der Waals surface area contributed by atoms with Gasteiger partial charge in [0.25, 0.3) is 0 Å². The van der Waals surface area contributed by atoms with E-state index in [1.165, 1.54) is 0 Å². The molecule has 1 aromatic rings. The number of aromatic nitrogens is 3. The first-order valence-corrected chi connectivity index (χ1v) is 3.36. The minimum Gasteiger partial charge on any atom is -0.394 e. The Kier molecular flexibility index (Phi) is 2.39. The van der Waals surface area contributed by atoms with Crippen LogP contribution < -0.4 is 0 Å². The van der Waals surface area contributed by atoms with Gasteiger partial charge in [-0.05, 0) is 0 Å². The molecule has 0 saturated carbocycles. The Morgan fingerprint density at radius 1 is 1.70 bits per heavy atom. The molecule has 0 amide bonds. The van der Waals surface area contributed by atoms with Gasteiger partial charge in [-0.1, -0.05) is 6.92 Å². The Bertz CT molecular complexity index is 197. The predicted molar refractivity (Wildman–Crippen MR) is 36.5 cm³/mol. The molecular formula is C6H11N3O. The summed E-state index contributed by atoms with van der Waals surface area (Å²) >= 11 is 0. The van der Waals surface area contributed by atoms with Gasteiger partial charge in [0.2, 0.25) is 0 Å². The molecule has 0 fully saturated rings. The Morgan fingerprint density at radius 2 is 2.50 bits per heavy atom. The van der Waals surface area contributed by atoms with Crippen LogP contribution >= 0.6 is 0 Å². The topological polar surface area (TPSA) is 50.9 Å². The fraction of sp³-hybridized carbons (Fsp3) is 0.667. The number of rotatable bonds is 3. The van der Waals surface area contributed by atoms with E-state index < -0.39 is 0 Å². The first kappa shape index (κ1) is 7.21. The Balaban J connectivity index is 2.59. The Morgan fingerprint density at radius 3 is 3.00 bits per heavy atom. The average Bonchev–Trinajstić information content (AvgIpc) is 2.37. The SMILES string of the molecule is CCc1ncn(CCO)n1. The van der Waals surface area contributed by atoms with Crippen LogP contribution in [0.4, 0.5) is 0 Å². The zero-order valence-corrected chi connectivity index (χ0v) is 5.99. The van der Waals surface area contributed by atoms with Crippen LogP contribution in [0.3, 0.4) is 0 Å². The summed E-state index contributed by atoms with van der Waals surface area (Å²) in [5, 5.41) is 12.6. The van der Waals surface area contributed by atoms with Gasteiger partial charge in [-0.15, -0.1) is 0 Å². The lowest BCUT2D eigenvalue weighted by molar-refractivity contribution is 0.269. The summed E-state index contributed by atoms with van der Waals surface area (Å²) in [7, 11) is 0. The van der Waals surface area contributed by atoms with Gasteiger partial charge in [-0.2, -0.15) is 5.10 Å². The molecule has 0 unspecified atom stereocenters. The summed E-state index contributed by atoms with van der Waals surface area (Å²) in [6.45, 7) is 2.65. The molecule has 0 aliphatic heterocycles. The van der Waals surface area contributed by atoms with Gasteiger partial charge >= 0.3 is 0 Å². The Hall–Kier alpha value is -0.900. The molecule has 1 rings (SSSR count). The first-order valence-electron chi connectivity index (χ1n) is 3.36. The molecule has 0 aromatic carbocycles. The highest BCUT2D eigenvalue weighted by molar-refractivity contribution is 4.79. The lowest BCUT2D eigenvalue weighted by atomic mass is 10.5. The fourth-order valence-electron chi connectivity index (χ4n) is 0.705. The van der Waals surface area contributed by atoms with E-state index in [1.54, 1.807) is 11.0 Å². The van der Waals surface area contributed by atoms with E-state index in [4.69, 9.17) is 5.11 Å². The minimum absolute atomic E-state index is 0.118. The standard InChI is InChI=1S/C6H11N3O/c1-2-6-7-5-9(8-6)3-4-10/h5,10H,2-4H2,1H3. The van der Waals surface area contributed by atoms with Gasteiger partial charge in [-0.25, -0.2) is 4.98 Å². The molecule has 1 aromatic heterocycles. The van der Waals surface area contributed by atoms with Crippen molar-refractivity contribution in [2.45, 2.75) is 19.9 Å². The summed E-state index contributed by atoms with van der Waals surface area (Å²) in [5.74, 6) is 0.827. The van der Waals surface area contributed by atoms with E-state index in [-0.39, 0.29) is 6.61 Å². The minimum atomic E-state index is 0.118. The van der Waals surface area contributed by atoms with Crippen molar-refractivity contribution in [2.75, 3.05) is 6.61 Å². The lowest BCUT2D eigenvalue weighted by Gasteiger charge is -1.92. The van der Waals surface area contributed by atoms with Crippen molar-refractivity contribution in [1.82, 2.24) is 14.8 Å². The number of aryl methyl sites for hydroxylation is 1. The van der Waals surface area contributed by atoms with Gasteiger partial charge in [-0.3, -0.25) is 4.68 Å². The molecule has 0 radical (unpaired) electrons. The van der Waals surface area contributed by atoms with Crippen molar-refractivity contribution < 1.29 is 5.11 Å². The first-order chi connectivity index (χ1) is 4.86. The van der Waals surface area contributed by atoms with E-state index in [0.29, 0.717) is 6.54 Å². The molecule has 0 bridgehead atoms.